The number of hydrogen-bond acceptors (Lipinski definition) is 4. The van der Waals surface area contributed by atoms with E-state index in [1.54, 1.807) is 18.2 Å². The number of rotatable bonds is 3. The number of nitrogens with zero attached hydrogens (tertiary/aromatic N) is 1. The average molecular weight is 194 g/mol. The maximum absolute atomic E-state index is 11.3. The maximum Gasteiger partial charge on any atom is 0.325 e. The smallest absolute Gasteiger partial charge is 0.325 e. The van der Waals surface area contributed by atoms with Gasteiger partial charge in [-0.3, -0.25) is 14.6 Å². The summed E-state index contributed by atoms with van der Waals surface area (Å²) in [6.45, 7) is -0.147. The van der Waals surface area contributed by atoms with Gasteiger partial charge in [-0.1, -0.05) is 6.07 Å². The van der Waals surface area contributed by atoms with Gasteiger partial charge in [-0.15, -0.1) is 0 Å². The van der Waals surface area contributed by atoms with Crippen molar-refractivity contribution < 1.29 is 14.3 Å². The standard InChI is InChI=1S/C9H10N2O3/c1-14-8(12)6-11-9(13)7-4-2-3-5-10-7/h2-5H,6H2,1H3,(H,11,13). The zero-order valence-electron chi connectivity index (χ0n) is 7.69. The highest BCUT2D eigenvalue weighted by molar-refractivity contribution is 5.94. The van der Waals surface area contributed by atoms with Crippen molar-refractivity contribution in [3.8, 4) is 0 Å². The van der Waals surface area contributed by atoms with Gasteiger partial charge < -0.3 is 10.1 Å². The molecule has 0 aromatic carbocycles. The highest BCUT2D eigenvalue weighted by Crippen LogP contribution is 1.91. The van der Waals surface area contributed by atoms with Crippen molar-refractivity contribution in [1.29, 1.82) is 0 Å². The van der Waals surface area contributed by atoms with Crippen molar-refractivity contribution in [3.05, 3.63) is 30.1 Å². The molecule has 14 heavy (non-hydrogen) atoms. The Kier molecular flexibility index (Phi) is 3.60. The van der Waals surface area contributed by atoms with Crippen LogP contribution in [0.25, 0.3) is 0 Å². The van der Waals surface area contributed by atoms with Crippen LogP contribution in [-0.4, -0.2) is 30.5 Å². The zero-order chi connectivity index (χ0) is 10.4. The Balaban J connectivity index is 2.48. The fourth-order valence-corrected chi connectivity index (χ4v) is 0.812. The summed E-state index contributed by atoms with van der Waals surface area (Å²) in [5, 5.41) is 2.37. The van der Waals surface area contributed by atoms with E-state index in [0.29, 0.717) is 0 Å². The van der Waals surface area contributed by atoms with Gasteiger partial charge in [-0.2, -0.15) is 0 Å². The fraction of sp³-hybridized carbons (Fsp3) is 0.222. The Labute approximate surface area is 81.1 Å². The zero-order valence-corrected chi connectivity index (χ0v) is 7.69. The molecule has 74 valence electrons. The van der Waals surface area contributed by atoms with Gasteiger partial charge in [0.2, 0.25) is 0 Å². The first-order chi connectivity index (χ1) is 6.74. The molecule has 1 aromatic rings. The van der Waals surface area contributed by atoms with E-state index in [2.05, 4.69) is 15.0 Å². The van der Waals surface area contributed by atoms with Gasteiger partial charge in [0.1, 0.15) is 12.2 Å². The normalized spacial score (nSPS) is 9.21. The quantitative estimate of drug-likeness (QED) is 0.687. The van der Waals surface area contributed by atoms with Crippen molar-refractivity contribution in [3.63, 3.8) is 0 Å². The lowest BCUT2D eigenvalue weighted by Crippen LogP contribution is -2.30. The van der Waals surface area contributed by atoms with Crippen molar-refractivity contribution in [2.75, 3.05) is 13.7 Å². The summed E-state index contributed by atoms with van der Waals surface area (Å²) in [6.07, 6.45) is 1.51. The number of esters is 1. The van der Waals surface area contributed by atoms with E-state index in [9.17, 15) is 9.59 Å². The molecule has 1 N–H and O–H groups in total. The maximum atomic E-state index is 11.3. The van der Waals surface area contributed by atoms with Gasteiger partial charge in [0.15, 0.2) is 0 Å². The van der Waals surface area contributed by atoms with Crippen LogP contribution in [0.1, 0.15) is 10.5 Å². The Hall–Kier alpha value is -1.91. The van der Waals surface area contributed by atoms with Gasteiger partial charge >= 0.3 is 5.97 Å². The number of hydrogen-bond donors (Lipinski definition) is 1. The SMILES string of the molecule is COC(=O)CNC(=O)c1ccccn1. The second-order valence-electron chi connectivity index (χ2n) is 2.47. The molecule has 0 saturated heterocycles. The van der Waals surface area contributed by atoms with E-state index in [0.717, 1.165) is 0 Å². The third-order valence-corrected chi connectivity index (χ3v) is 1.52. The first kappa shape index (κ1) is 10.2. The van der Waals surface area contributed by atoms with Gasteiger partial charge in [-0.25, -0.2) is 0 Å². The van der Waals surface area contributed by atoms with Crippen LogP contribution < -0.4 is 5.32 Å². The molecule has 0 fully saturated rings. The molecule has 1 amide bonds. The molecule has 5 nitrogen and oxygen atoms in total. The van der Waals surface area contributed by atoms with Crippen molar-refractivity contribution in [1.82, 2.24) is 10.3 Å². The molecule has 0 bridgehead atoms. The van der Waals surface area contributed by atoms with Crippen LogP contribution in [0.15, 0.2) is 24.4 Å². The molecular weight excluding hydrogens is 184 g/mol. The number of pyridine rings is 1. The first-order valence-corrected chi connectivity index (χ1v) is 4.00. The van der Waals surface area contributed by atoms with Crippen LogP contribution in [0, 0.1) is 0 Å². The molecular formula is C9H10N2O3. The average Bonchev–Trinajstić information content (AvgIpc) is 2.26. The predicted octanol–water partition coefficient (Wildman–Crippen LogP) is -0.0156. The Morgan fingerprint density at radius 2 is 2.29 bits per heavy atom. The highest BCUT2D eigenvalue weighted by Gasteiger charge is 2.07. The monoisotopic (exact) mass is 194 g/mol. The molecule has 5 heteroatoms. The third-order valence-electron chi connectivity index (χ3n) is 1.52. The third kappa shape index (κ3) is 2.85. The van der Waals surface area contributed by atoms with Crippen LogP contribution in [0.5, 0.6) is 0 Å². The van der Waals surface area contributed by atoms with E-state index in [4.69, 9.17) is 0 Å². The lowest BCUT2D eigenvalue weighted by atomic mass is 10.3. The minimum atomic E-state index is -0.491. The van der Waals surface area contributed by atoms with E-state index in [1.165, 1.54) is 13.3 Å². The number of methoxy groups -OCH3 is 1. The summed E-state index contributed by atoms with van der Waals surface area (Å²) in [5.41, 5.74) is 0.274. The number of nitrogens with one attached hydrogen (secondary N) is 1. The minimum absolute atomic E-state index is 0.147. The van der Waals surface area contributed by atoms with Crippen LogP contribution >= 0.6 is 0 Å². The molecule has 0 aliphatic rings. The van der Waals surface area contributed by atoms with Crippen molar-refractivity contribution >= 4 is 11.9 Å². The van der Waals surface area contributed by atoms with E-state index >= 15 is 0 Å². The van der Waals surface area contributed by atoms with Gasteiger partial charge in [0.05, 0.1) is 7.11 Å². The molecule has 1 aromatic heterocycles. The van der Waals surface area contributed by atoms with E-state index in [1.807, 2.05) is 0 Å². The number of carbonyl (C=O) groups excluding carboxylic acids is 2. The summed E-state index contributed by atoms with van der Waals surface area (Å²) in [5.74, 6) is -0.884. The van der Waals surface area contributed by atoms with Crippen LogP contribution in [-0.2, 0) is 9.53 Å². The molecule has 0 unspecified atom stereocenters. The number of aromatic nitrogens is 1. The molecule has 0 aliphatic heterocycles. The topological polar surface area (TPSA) is 68.3 Å². The Morgan fingerprint density at radius 3 is 2.86 bits per heavy atom. The lowest BCUT2D eigenvalue weighted by Gasteiger charge is -2.02. The lowest BCUT2D eigenvalue weighted by molar-refractivity contribution is -0.139. The summed E-state index contributed by atoms with van der Waals surface area (Å²) in [6, 6.07) is 4.96. The van der Waals surface area contributed by atoms with Crippen LogP contribution in [0.4, 0.5) is 0 Å². The summed E-state index contributed by atoms with van der Waals surface area (Å²) < 4.78 is 4.36. The number of amides is 1. The van der Waals surface area contributed by atoms with Crippen LogP contribution in [0.2, 0.25) is 0 Å². The Morgan fingerprint density at radius 1 is 1.50 bits per heavy atom. The van der Waals surface area contributed by atoms with E-state index < -0.39 is 11.9 Å². The molecule has 0 spiro atoms. The van der Waals surface area contributed by atoms with Gasteiger partial charge in [0.25, 0.3) is 5.91 Å². The number of ether oxygens (including phenoxy) is 1. The summed E-state index contributed by atoms with van der Waals surface area (Å²) >= 11 is 0. The van der Waals surface area contributed by atoms with Crippen molar-refractivity contribution in [2.24, 2.45) is 0 Å². The van der Waals surface area contributed by atoms with Crippen molar-refractivity contribution in [2.45, 2.75) is 0 Å². The highest BCUT2D eigenvalue weighted by atomic mass is 16.5. The summed E-state index contributed by atoms with van der Waals surface area (Å²) in [4.78, 5) is 25.8. The first-order valence-electron chi connectivity index (χ1n) is 4.00. The second-order valence-corrected chi connectivity index (χ2v) is 2.47. The molecule has 0 aliphatic carbocycles. The van der Waals surface area contributed by atoms with E-state index in [-0.39, 0.29) is 12.2 Å². The predicted molar refractivity (Wildman–Crippen MR) is 48.6 cm³/mol. The minimum Gasteiger partial charge on any atom is -0.468 e. The molecule has 0 saturated carbocycles. The van der Waals surface area contributed by atoms with Gasteiger partial charge in [0, 0.05) is 6.20 Å². The Bertz CT molecular complexity index is 324. The largest absolute Gasteiger partial charge is 0.468 e. The molecule has 1 heterocycles. The second kappa shape index (κ2) is 4.96. The number of carbonyl (C=O) groups is 2. The van der Waals surface area contributed by atoms with Gasteiger partial charge in [-0.05, 0) is 12.1 Å². The molecule has 0 radical (unpaired) electrons. The molecule has 1 rings (SSSR count). The molecule has 0 atom stereocenters. The fourth-order valence-electron chi connectivity index (χ4n) is 0.812. The summed E-state index contributed by atoms with van der Waals surface area (Å²) in [7, 11) is 1.26. The van der Waals surface area contributed by atoms with Crippen LogP contribution in [0.3, 0.4) is 0 Å².